The lowest BCUT2D eigenvalue weighted by Gasteiger charge is -2.36. The summed E-state index contributed by atoms with van der Waals surface area (Å²) in [7, 11) is 0. The molecule has 3 N–H and O–H groups in total. The van der Waals surface area contributed by atoms with Gasteiger partial charge in [0.2, 0.25) is 0 Å². The third-order valence-corrected chi connectivity index (χ3v) is 3.76. The molecule has 70 valence electrons. The van der Waals surface area contributed by atoms with Gasteiger partial charge < -0.3 is 0 Å². The Morgan fingerprint density at radius 3 is 1.75 bits per heavy atom. The van der Waals surface area contributed by atoms with Crippen molar-refractivity contribution in [2.75, 3.05) is 0 Å². The molecule has 1 unspecified atom stereocenters. The highest BCUT2D eigenvalue weighted by atomic mass is 15.2. The SMILES string of the molecule is NNC(C1CCCC1)C1CCC1. The number of nitrogens with two attached hydrogens (primary N) is 1. The molecule has 2 saturated carbocycles. The van der Waals surface area contributed by atoms with Crippen molar-refractivity contribution in [3.63, 3.8) is 0 Å². The maximum Gasteiger partial charge on any atom is 0.0266 e. The normalized spacial score (nSPS) is 28.8. The predicted molar refractivity (Wildman–Crippen MR) is 50.4 cm³/mol. The van der Waals surface area contributed by atoms with Crippen LogP contribution >= 0.6 is 0 Å². The van der Waals surface area contributed by atoms with E-state index in [4.69, 9.17) is 5.84 Å². The molecule has 2 aliphatic rings. The molecule has 0 aliphatic heterocycles. The third kappa shape index (κ3) is 1.50. The summed E-state index contributed by atoms with van der Waals surface area (Å²) in [6.07, 6.45) is 9.91. The van der Waals surface area contributed by atoms with Gasteiger partial charge in [0.05, 0.1) is 0 Å². The Balaban J connectivity index is 1.87. The van der Waals surface area contributed by atoms with E-state index in [0.717, 1.165) is 11.8 Å². The van der Waals surface area contributed by atoms with Crippen molar-refractivity contribution in [2.24, 2.45) is 17.7 Å². The molecule has 0 spiro atoms. The molecule has 2 rings (SSSR count). The van der Waals surface area contributed by atoms with Gasteiger partial charge in [-0.15, -0.1) is 0 Å². The summed E-state index contributed by atoms with van der Waals surface area (Å²) < 4.78 is 0. The lowest BCUT2D eigenvalue weighted by atomic mass is 9.75. The van der Waals surface area contributed by atoms with Gasteiger partial charge in [-0.3, -0.25) is 11.3 Å². The van der Waals surface area contributed by atoms with Gasteiger partial charge in [0.25, 0.3) is 0 Å². The first kappa shape index (κ1) is 8.52. The van der Waals surface area contributed by atoms with Crippen molar-refractivity contribution < 1.29 is 0 Å². The average Bonchev–Trinajstić information content (AvgIpc) is 2.47. The molecule has 0 aromatic carbocycles. The number of hydrogen-bond donors (Lipinski definition) is 2. The predicted octanol–water partition coefficient (Wildman–Crippen LogP) is 1.81. The van der Waals surface area contributed by atoms with Crippen molar-refractivity contribution in [1.29, 1.82) is 0 Å². The second-order valence-corrected chi connectivity index (χ2v) is 4.43. The molecule has 0 radical (unpaired) electrons. The smallest absolute Gasteiger partial charge is 0.0266 e. The summed E-state index contributed by atoms with van der Waals surface area (Å²) in [5.74, 6) is 7.40. The molecular weight excluding hydrogens is 148 g/mol. The minimum Gasteiger partial charge on any atom is -0.271 e. The van der Waals surface area contributed by atoms with Crippen LogP contribution in [0.2, 0.25) is 0 Å². The molecule has 0 amide bonds. The molecule has 2 aliphatic carbocycles. The minimum absolute atomic E-state index is 0.640. The van der Waals surface area contributed by atoms with Gasteiger partial charge in [-0.25, -0.2) is 0 Å². The minimum atomic E-state index is 0.640. The fraction of sp³-hybridized carbons (Fsp3) is 1.00. The Hall–Kier alpha value is -0.0800. The van der Waals surface area contributed by atoms with Crippen molar-refractivity contribution in [3.05, 3.63) is 0 Å². The van der Waals surface area contributed by atoms with Crippen molar-refractivity contribution in [3.8, 4) is 0 Å². The van der Waals surface area contributed by atoms with E-state index in [1.54, 1.807) is 0 Å². The van der Waals surface area contributed by atoms with E-state index in [-0.39, 0.29) is 0 Å². The van der Waals surface area contributed by atoms with E-state index < -0.39 is 0 Å². The summed E-state index contributed by atoms with van der Waals surface area (Å²) in [5, 5.41) is 0. The van der Waals surface area contributed by atoms with Crippen molar-refractivity contribution in [2.45, 2.75) is 51.0 Å². The fourth-order valence-electron chi connectivity index (χ4n) is 2.77. The van der Waals surface area contributed by atoms with Gasteiger partial charge in [0.1, 0.15) is 0 Å². The van der Waals surface area contributed by atoms with E-state index >= 15 is 0 Å². The van der Waals surface area contributed by atoms with Gasteiger partial charge in [-0.05, 0) is 37.5 Å². The van der Waals surface area contributed by atoms with Gasteiger partial charge in [-0.1, -0.05) is 19.3 Å². The lowest BCUT2D eigenvalue weighted by molar-refractivity contribution is 0.175. The zero-order chi connectivity index (χ0) is 8.39. The molecule has 0 saturated heterocycles. The molecule has 2 nitrogen and oxygen atoms in total. The van der Waals surface area contributed by atoms with Crippen molar-refractivity contribution in [1.82, 2.24) is 5.43 Å². The Bertz CT molecular complexity index is 137. The van der Waals surface area contributed by atoms with E-state index in [0.29, 0.717) is 6.04 Å². The highest BCUT2D eigenvalue weighted by molar-refractivity contribution is 4.88. The highest BCUT2D eigenvalue weighted by Crippen LogP contribution is 2.38. The molecule has 0 aromatic heterocycles. The Labute approximate surface area is 74.9 Å². The maximum atomic E-state index is 5.61. The second kappa shape index (κ2) is 3.75. The molecule has 2 heteroatoms. The Morgan fingerprint density at radius 2 is 1.42 bits per heavy atom. The Morgan fingerprint density at radius 1 is 0.917 bits per heavy atom. The molecule has 0 aromatic rings. The van der Waals surface area contributed by atoms with Crippen LogP contribution in [0, 0.1) is 11.8 Å². The maximum absolute atomic E-state index is 5.61. The fourth-order valence-corrected chi connectivity index (χ4v) is 2.77. The molecule has 0 bridgehead atoms. The van der Waals surface area contributed by atoms with Crippen LogP contribution in [0.15, 0.2) is 0 Å². The molecule has 0 heterocycles. The van der Waals surface area contributed by atoms with Crippen LogP contribution in [-0.4, -0.2) is 6.04 Å². The quantitative estimate of drug-likeness (QED) is 0.498. The van der Waals surface area contributed by atoms with Crippen LogP contribution < -0.4 is 11.3 Å². The van der Waals surface area contributed by atoms with Gasteiger partial charge >= 0.3 is 0 Å². The second-order valence-electron chi connectivity index (χ2n) is 4.43. The molecule has 1 atom stereocenters. The van der Waals surface area contributed by atoms with E-state index in [1.165, 1.54) is 44.9 Å². The van der Waals surface area contributed by atoms with Crippen LogP contribution in [0.1, 0.15) is 44.9 Å². The summed E-state index contributed by atoms with van der Waals surface area (Å²) in [4.78, 5) is 0. The van der Waals surface area contributed by atoms with Gasteiger partial charge in [0, 0.05) is 6.04 Å². The van der Waals surface area contributed by atoms with E-state index in [9.17, 15) is 0 Å². The molecular formula is C10H20N2. The van der Waals surface area contributed by atoms with Crippen LogP contribution in [-0.2, 0) is 0 Å². The first-order valence-corrected chi connectivity index (χ1v) is 5.38. The zero-order valence-electron chi connectivity index (χ0n) is 7.76. The topological polar surface area (TPSA) is 38.0 Å². The number of nitrogens with one attached hydrogen (secondary N) is 1. The molecule has 12 heavy (non-hydrogen) atoms. The monoisotopic (exact) mass is 168 g/mol. The van der Waals surface area contributed by atoms with Crippen LogP contribution in [0.25, 0.3) is 0 Å². The first-order valence-electron chi connectivity index (χ1n) is 5.38. The highest BCUT2D eigenvalue weighted by Gasteiger charge is 2.33. The number of hydrogen-bond acceptors (Lipinski definition) is 2. The number of hydrazine groups is 1. The zero-order valence-corrected chi connectivity index (χ0v) is 7.76. The molecule has 2 fully saturated rings. The standard InChI is InChI=1S/C10H20N2/c11-12-10(9-6-3-7-9)8-4-1-2-5-8/h8-10,12H,1-7,11H2. The Kier molecular flexibility index (Phi) is 2.66. The largest absolute Gasteiger partial charge is 0.271 e. The van der Waals surface area contributed by atoms with E-state index in [1.807, 2.05) is 0 Å². The van der Waals surface area contributed by atoms with E-state index in [2.05, 4.69) is 5.43 Å². The van der Waals surface area contributed by atoms with Crippen LogP contribution in [0.4, 0.5) is 0 Å². The summed E-state index contributed by atoms with van der Waals surface area (Å²) in [6, 6.07) is 0.640. The summed E-state index contributed by atoms with van der Waals surface area (Å²) in [5.41, 5.74) is 3.05. The van der Waals surface area contributed by atoms with Crippen molar-refractivity contribution >= 4 is 0 Å². The summed E-state index contributed by atoms with van der Waals surface area (Å²) in [6.45, 7) is 0. The lowest BCUT2D eigenvalue weighted by Crippen LogP contribution is -2.47. The van der Waals surface area contributed by atoms with Gasteiger partial charge in [0.15, 0.2) is 0 Å². The van der Waals surface area contributed by atoms with Crippen LogP contribution in [0.3, 0.4) is 0 Å². The van der Waals surface area contributed by atoms with Crippen LogP contribution in [0.5, 0.6) is 0 Å². The number of rotatable bonds is 3. The van der Waals surface area contributed by atoms with Gasteiger partial charge in [-0.2, -0.15) is 0 Å². The first-order chi connectivity index (χ1) is 5.92. The average molecular weight is 168 g/mol. The summed E-state index contributed by atoms with van der Waals surface area (Å²) >= 11 is 0. The third-order valence-electron chi connectivity index (χ3n) is 3.76.